The highest BCUT2D eigenvalue weighted by Gasteiger charge is 2.27. The van der Waals surface area contributed by atoms with E-state index >= 15 is 0 Å². The van der Waals surface area contributed by atoms with Gasteiger partial charge in [-0.2, -0.15) is 0 Å². The number of ether oxygens (including phenoxy) is 2. The van der Waals surface area contributed by atoms with Crippen molar-refractivity contribution in [3.63, 3.8) is 0 Å². The molecule has 1 unspecified atom stereocenters. The van der Waals surface area contributed by atoms with E-state index in [0.717, 1.165) is 30.4 Å². The fourth-order valence-corrected chi connectivity index (χ4v) is 3.99. The summed E-state index contributed by atoms with van der Waals surface area (Å²) in [6, 6.07) is 16.0. The molecule has 2 aromatic rings. The lowest BCUT2D eigenvalue weighted by Gasteiger charge is -2.22. The van der Waals surface area contributed by atoms with Gasteiger partial charge in [0.1, 0.15) is 0 Å². The molecule has 3 rings (SSSR count). The summed E-state index contributed by atoms with van der Waals surface area (Å²) >= 11 is 0. The van der Waals surface area contributed by atoms with Crippen LogP contribution in [0.25, 0.3) is 0 Å². The molecule has 1 amide bonds. The third-order valence-electron chi connectivity index (χ3n) is 5.59. The molecule has 0 spiro atoms. The van der Waals surface area contributed by atoms with E-state index in [9.17, 15) is 4.79 Å². The van der Waals surface area contributed by atoms with E-state index in [4.69, 9.17) is 15.2 Å². The number of hydrogen-bond acceptors (Lipinski definition) is 4. The minimum atomic E-state index is -0.107. The molecule has 158 valence electrons. The normalized spacial score (nSPS) is 19.1. The zero-order chi connectivity index (χ0) is 19.9. The van der Waals surface area contributed by atoms with Crippen LogP contribution in [-0.4, -0.2) is 26.2 Å². The Bertz CT molecular complexity index is 785. The predicted octanol–water partition coefficient (Wildman–Crippen LogP) is 4.04. The fraction of sp³-hybridized carbons (Fsp3) is 0.435. The summed E-state index contributed by atoms with van der Waals surface area (Å²) < 4.78 is 10.7. The van der Waals surface area contributed by atoms with Crippen LogP contribution in [0.3, 0.4) is 0 Å². The van der Waals surface area contributed by atoms with Gasteiger partial charge >= 0.3 is 0 Å². The highest BCUT2D eigenvalue weighted by molar-refractivity contribution is 5.85. The van der Waals surface area contributed by atoms with Crippen LogP contribution in [0.4, 0.5) is 0 Å². The average molecular weight is 419 g/mol. The van der Waals surface area contributed by atoms with Crippen LogP contribution in [-0.2, 0) is 11.2 Å². The van der Waals surface area contributed by atoms with Gasteiger partial charge in [-0.25, -0.2) is 0 Å². The van der Waals surface area contributed by atoms with Gasteiger partial charge in [0.25, 0.3) is 0 Å². The Kier molecular flexibility index (Phi) is 8.80. The molecule has 6 heteroatoms. The van der Waals surface area contributed by atoms with Crippen LogP contribution in [0.5, 0.6) is 11.5 Å². The number of halogens is 1. The van der Waals surface area contributed by atoms with Gasteiger partial charge in [0.05, 0.1) is 20.3 Å². The third-order valence-corrected chi connectivity index (χ3v) is 5.59. The van der Waals surface area contributed by atoms with Crippen molar-refractivity contribution in [3.05, 3.63) is 59.7 Å². The van der Waals surface area contributed by atoms with Gasteiger partial charge in [-0.3, -0.25) is 4.79 Å². The first kappa shape index (κ1) is 23.0. The molecule has 29 heavy (non-hydrogen) atoms. The maximum Gasteiger partial charge on any atom is 0.220 e. The molecule has 1 fully saturated rings. The molecule has 3 N–H and O–H groups in total. The molecule has 5 nitrogen and oxygen atoms in total. The maximum atomic E-state index is 12.7. The van der Waals surface area contributed by atoms with E-state index < -0.39 is 0 Å². The predicted molar refractivity (Wildman–Crippen MR) is 118 cm³/mol. The Labute approximate surface area is 179 Å². The van der Waals surface area contributed by atoms with E-state index in [1.54, 1.807) is 14.2 Å². The number of nitrogens with one attached hydrogen (secondary N) is 1. The van der Waals surface area contributed by atoms with Gasteiger partial charge in [-0.1, -0.05) is 42.8 Å². The van der Waals surface area contributed by atoms with Crippen LogP contribution in [0.1, 0.15) is 42.9 Å². The van der Waals surface area contributed by atoms with Crippen molar-refractivity contribution in [2.75, 3.05) is 14.2 Å². The lowest BCUT2D eigenvalue weighted by atomic mass is 9.96. The number of nitrogens with two attached hydrogens (primary N) is 1. The van der Waals surface area contributed by atoms with Crippen LogP contribution in [0.2, 0.25) is 0 Å². The van der Waals surface area contributed by atoms with Gasteiger partial charge in [0.15, 0.2) is 11.5 Å². The van der Waals surface area contributed by atoms with Crippen molar-refractivity contribution in [3.8, 4) is 11.5 Å². The van der Waals surface area contributed by atoms with E-state index in [2.05, 4.69) is 5.32 Å². The second-order valence-electron chi connectivity index (χ2n) is 7.48. The second-order valence-corrected chi connectivity index (χ2v) is 7.48. The second kappa shape index (κ2) is 11.1. The van der Waals surface area contributed by atoms with E-state index in [1.165, 1.54) is 0 Å². The fourth-order valence-electron chi connectivity index (χ4n) is 3.99. The van der Waals surface area contributed by atoms with Gasteiger partial charge in [0, 0.05) is 12.5 Å². The lowest BCUT2D eigenvalue weighted by Crippen LogP contribution is -2.34. The zero-order valence-electron chi connectivity index (χ0n) is 17.1. The largest absolute Gasteiger partial charge is 0.493 e. The Morgan fingerprint density at radius 2 is 1.83 bits per heavy atom. The minimum absolute atomic E-state index is 0. The Balaban J connectivity index is 0.00000300. The summed E-state index contributed by atoms with van der Waals surface area (Å²) in [6.07, 6.45) is 4.35. The van der Waals surface area contributed by atoms with Crippen molar-refractivity contribution in [1.82, 2.24) is 5.32 Å². The number of rotatable bonds is 8. The summed E-state index contributed by atoms with van der Waals surface area (Å²) in [6.45, 7) is 0. The van der Waals surface area contributed by atoms with Gasteiger partial charge in [-0.05, 0) is 48.4 Å². The zero-order valence-corrected chi connectivity index (χ0v) is 17.9. The first-order valence-electron chi connectivity index (χ1n) is 9.91. The molecule has 2 aromatic carbocycles. The van der Waals surface area contributed by atoms with Crippen molar-refractivity contribution in [2.45, 2.75) is 44.2 Å². The SMILES string of the molecule is COc1ccc(CC(NC(=O)C[C@@H]2CCC[C@H]2N)c2ccccc2)cc1OC.Cl. The quantitative estimate of drug-likeness (QED) is 0.678. The molecular weight excluding hydrogens is 388 g/mol. The number of amides is 1. The Morgan fingerprint density at radius 1 is 1.10 bits per heavy atom. The van der Waals surface area contributed by atoms with E-state index in [-0.39, 0.29) is 36.3 Å². The molecule has 0 heterocycles. The van der Waals surface area contributed by atoms with Crippen LogP contribution in [0.15, 0.2) is 48.5 Å². The number of carbonyl (C=O) groups excluding carboxylic acids is 1. The summed E-state index contributed by atoms with van der Waals surface area (Å²) in [5, 5.41) is 3.23. The van der Waals surface area contributed by atoms with Gasteiger partial charge < -0.3 is 20.5 Å². The Hall–Kier alpha value is -2.24. The molecule has 1 saturated carbocycles. The van der Waals surface area contributed by atoms with Crippen LogP contribution in [0, 0.1) is 5.92 Å². The lowest BCUT2D eigenvalue weighted by molar-refractivity contribution is -0.122. The monoisotopic (exact) mass is 418 g/mol. The summed E-state index contributed by atoms with van der Waals surface area (Å²) in [5.74, 6) is 1.74. The smallest absolute Gasteiger partial charge is 0.220 e. The highest BCUT2D eigenvalue weighted by atomic mass is 35.5. The van der Waals surface area contributed by atoms with Gasteiger partial charge in [0.2, 0.25) is 5.91 Å². The molecule has 3 atom stereocenters. The van der Waals surface area contributed by atoms with E-state index in [1.807, 2.05) is 48.5 Å². The van der Waals surface area contributed by atoms with Crippen molar-refractivity contribution < 1.29 is 14.3 Å². The average Bonchev–Trinajstić information content (AvgIpc) is 3.12. The van der Waals surface area contributed by atoms with Crippen LogP contribution < -0.4 is 20.5 Å². The number of methoxy groups -OCH3 is 2. The van der Waals surface area contributed by atoms with Crippen LogP contribution >= 0.6 is 12.4 Å². The van der Waals surface area contributed by atoms with E-state index in [0.29, 0.717) is 24.3 Å². The molecule has 0 saturated heterocycles. The first-order valence-corrected chi connectivity index (χ1v) is 9.91. The molecule has 0 aromatic heterocycles. The van der Waals surface area contributed by atoms with Crippen molar-refractivity contribution in [2.24, 2.45) is 11.7 Å². The topological polar surface area (TPSA) is 73.6 Å². The number of carbonyl (C=O) groups is 1. The molecule has 0 radical (unpaired) electrons. The minimum Gasteiger partial charge on any atom is -0.493 e. The first-order chi connectivity index (χ1) is 13.6. The summed E-state index contributed by atoms with van der Waals surface area (Å²) in [4.78, 5) is 12.7. The highest BCUT2D eigenvalue weighted by Crippen LogP contribution is 2.30. The summed E-state index contributed by atoms with van der Waals surface area (Å²) in [5.41, 5.74) is 8.30. The van der Waals surface area contributed by atoms with Crippen molar-refractivity contribution in [1.29, 1.82) is 0 Å². The molecule has 1 aliphatic rings. The molecule has 0 aliphatic heterocycles. The maximum absolute atomic E-state index is 12.7. The van der Waals surface area contributed by atoms with Gasteiger partial charge in [-0.15, -0.1) is 12.4 Å². The number of hydrogen-bond donors (Lipinski definition) is 2. The molecular formula is C23H31ClN2O3. The third kappa shape index (κ3) is 6.12. The van der Waals surface area contributed by atoms with Crippen molar-refractivity contribution >= 4 is 18.3 Å². The number of benzene rings is 2. The molecule has 0 bridgehead atoms. The molecule has 1 aliphatic carbocycles. The Morgan fingerprint density at radius 3 is 2.45 bits per heavy atom. The standard InChI is InChI=1S/C23H30N2O3.ClH/c1-27-21-12-11-16(14-22(21)28-2)13-20(17-7-4-3-5-8-17)25-23(26)15-18-9-6-10-19(18)24;/h3-5,7-8,11-12,14,18-20H,6,9-10,13,15,24H2,1-2H3,(H,25,26);1H/t18-,19+,20?;/m0./s1. The summed E-state index contributed by atoms with van der Waals surface area (Å²) in [7, 11) is 3.25.